The molecule has 1 aliphatic rings. The van der Waals surface area contributed by atoms with E-state index in [4.69, 9.17) is 11.6 Å². The highest BCUT2D eigenvalue weighted by Gasteiger charge is 2.35. The van der Waals surface area contributed by atoms with Crippen molar-refractivity contribution in [3.63, 3.8) is 0 Å². The summed E-state index contributed by atoms with van der Waals surface area (Å²) in [5.74, 6) is 1.09. The van der Waals surface area contributed by atoms with Crippen molar-refractivity contribution >= 4 is 11.6 Å². The number of hydrogen-bond acceptors (Lipinski definition) is 1. The SMILES string of the molecule is CCC/C=C\C[C@H]1CC[C@@H](Cl)[C@@H]1c1ccc(C(O)CCCCC)cc1. The van der Waals surface area contributed by atoms with Crippen LogP contribution in [0.1, 0.15) is 94.8 Å². The van der Waals surface area contributed by atoms with Crippen molar-refractivity contribution in [2.75, 3.05) is 0 Å². The first-order chi connectivity index (χ1) is 12.2. The maximum Gasteiger partial charge on any atom is 0.0790 e. The predicted octanol–water partition coefficient (Wildman–Crippen LogP) is 7.15. The second-order valence-electron chi connectivity index (χ2n) is 7.55. The molecule has 140 valence electrons. The van der Waals surface area contributed by atoms with E-state index >= 15 is 0 Å². The molecular formula is C23H35ClO. The van der Waals surface area contributed by atoms with Gasteiger partial charge in [0, 0.05) is 11.3 Å². The zero-order chi connectivity index (χ0) is 18.1. The van der Waals surface area contributed by atoms with Crippen molar-refractivity contribution in [1.29, 1.82) is 0 Å². The van der Waals surface area contributed by atoms with Gasteiger partial charge in [-0.2, -0.15) is 0 Å². The molecule has 0 radical (unpaired) electrons. The number of halogens is 1. The van der Waals surface area contributed by atoms with Gasteiger partial charge in [0.2, 0.25) is 0 Å². The molecule has 1 fully saturated rings. The number of benzene rings is 1. The average Bonchev–Trinajstić information content (AvgIpc) is 2.99. The summed E-state index contributed by atoms with van der Waals surface area (Å²) in [7, 11) is 0. The first-order valence-corrected chi connectivity index (χ1v) is 10.7. The molecule has 0 heterocycles. The molecule has 0 bridgehead atoms. The minimum Gasteiger partial charge on any atom is -0.388 e. The molecule has 2 rings (SSSR count). The van der Waals surface area contributed by atoms with Crippen LogP contribution in [0.3, 0.4) is 0 Å². The number of unbranched alkanes of at least 4 members (excludes halogenated alkanes) is 3. The van der Waals surface area contributed by atoms with Gasteiger partial charge in [0.25, 0.3) is 0 Å². The standard InChI is InChI=1S/C23H35ClO/c1-3-5-7-9-10-19-16-17-21(24)23(19)20-14-12-18(13-15-20)22(25)11-8-6-4-2/h7,9,12-15,19,21-23,25H,3-6,8,10-11,16-17H2,1-2H3/b9-7-/t19-,21+,22?,23-/m0/s1. The summed E-state index contributed by atoms with van der Waals surface area (Å²) in [5.41, 5.74) is 2.39. The van der Waals surface area contributed by atoms with Crippen LogP contribution in [-0.4, -0.2) is 10.5 Å². The van der Waals surface area contributed by atoms with E-state index in [9.17, 15) is 5.11 Å². The maximum atomic E-state index is 10.3. The van der Waals surface area contributed by atoms with Gasteiger partial charge in [-0.3, -0.25) is 0 Å². The van der Waals surface area contributed by atoms with Crippen LogP contribution < -0.4 is 0 Å². The zero-order valence-corrected chi connectivity index (χ0v) is 16.7. The van der Waals surface area contributed by atoms with E-state index in [0.29, 0.717) is 11.8 Å². The van der Waals surface area contributed by atoms with Crippen molar-refractivity contribution < 1.29 is 5.11 Å². The lowest BCUT2D eigenvalue weighted by molar-refractivity contribution is 0.163. The van der Waals surface area contributed by atoms with Crippen LogP contribution in [-0.2, 0) is 0 Å². The lowest BCUT2D eigenvalue weighted by Gasteiger charge is -2.22. The number of hydrogen-bond donors (Lipinski definition) is 1. The van der Waals surface area contributed by atoms with Crippen LogP contribution in [0.25, 0.3) is 0 Å². The number of alkyl halides is 1. The van der Waals surface area contributed by atoms with Crippen LogP contribution in [0.2, 0.25) is 0 Å². The van der Waals surface area contributed by atoms with Gasteiger partial charge in [0.15, 0.2) is 0 Å². The summed E-state index contributed by atoms with van der Waals surface area (Å²) in [6.07, 6.45) is 14.5. The normalized spacial score (nSPS) is 24.9. The van der Waals surface area contributed by atoms with Crippen LogP contribution in [0, 0.1) is 5.92 Å². The highest BCUT2D eigenvalue weighted by Crippen LogP contribution is 2.45. The summed E-state index contributed by atoms with van der Waals surface area (Å²) < 4.78 is 0. The average molecular weight is 363 g/mol. The third kappa shape index (κ3) is 6.15. The molecule has 4 atom stereocenters. The largest absolute Gasteiger partial charge is 0.388 e. The van der Waals surface area contributed by atoms with Crippen LogP contribution >= 0.6 is 11.6 Å². The van der Waals surface area contributed by atoms with Gasteiger partial charge in [-0.05, 0) is 49.1 Å². The Morgan fingerprint density at radius 3 is 2.52 bits per heavy atom. The second kappa shape index (κ2) is 11.0. The number of allylic oxidation sites excluding steroid dienone is 2. The molecule has 1 aromatic rings. The van der Waals surface area contributed by atoms with Gasteiger partial charge >= 0.3 is 0 Å². The van der Waals surface area contributed by atoms with Crippen molar-refractivity contribution in [2.45, 2.75) is 89.0 Å². The Bertz CT molecular complexity index is 507. The summed E-state index contributed by atoms with van der Waals surface area (Å²) >= 11 is 6.66. The van der Waals surface area contributed by atoms with Gasteiger partial charge in [-0.25, -0.2) is 0 Å². The second-order valence-corrected chi connectivity index (χ2v) is 8.11. The lowest BCUT2D eigenvalue weighted by atomic mass is 9.85. The van der Waals surface area contributed by atoms with Crippen LogP contribution in [0.5, 0.6) is 0 Å². The number of aliphatic hydroxyl groups excluding tert-OH is 1. The van der Waals surface area contributed by atoms with Gasteiger partial charge in [0.05, 0.1) is 6.10 Å². The smallest absolute Gasteiger partial charge is 0.0790 e. The van der Waals surface area contributed by atoms with Gasteiger partial charge in [-0.1, -0.05) is 75.9 Å². The Balaban J connectivity index is 1.98. The Kier molecular flexibility index (Phi) is 9.06. The summed E-state index contributed by atoms with van der Waals surface area (Å²) in [6.45, 7) is 4.41. The van der Waals surface area contributed by atoms with Crippen LogP contribution in [0.15, 0.2) is 36.4 Å². The first-order valence-electron chi connectivity index (χ1n) is 10.2. The maximum absolute atomic E-state index is 10.3. The predicted molar refractivity (Wildman–Crippen MR) is 109 cm³/mol. The fourth-order valence-electron chi connectivity index (χ4n) is 4.02. The Morgan fingerprint density at radius 1 is 1.08 bits per heavy atom. The summed E-state index contributed by atoms with van der Waals surface area (Å²) in [5, 5.41) is 10.6. The molecule has 1 N–H and O–H groups in total. The number of aliphatic hydroxyl groups is 1. The molecule has 1 unspecified atom stereocenters. The molecule has 2 heteroatoms. The molecule has 0 saturated heterocycles. The van der Waals surface area contributed by atoms with Crippen molar-refractivity contribution in [2.24, 2.45) is 5.92 Å². The fraction of sp³-hybridized carbons (Fsp3) is 0.652. The van der Waals surface area contributed by atoms with Crippen molar-refractivity contribution in [1.82, 2.24) is 0 Å². The van der Waals surface area contributed by atoms with E-state index in [0.717, 1.165) is 31.2 Å². The van der Waals surface area contributed by atoms with Gasteiger partial charge in [-0.15, -0.1) is 11.6 Å². The minimum absolute atomic E-state index is 0.241. The molecular weight excluding hydrogens is 328 g/mol. The molecule has 0 amide bonds. The highest BCUT2D eigenvalue weighted by atomic mass is 35.5. The molecule has 1 aliphatic carbocycles. The van der Waals surface area contributed by atoms with Gasteiger partial charge in [0.1, 0.15) is 0 Å². The molecule has 25 heavy (non-hydrogen) atoms. The summed E-state index contributed by atoms with van der Waals surface area (Å²) in [4.78, 5) is 0. The Hall–Kier alpha value is -0.790. The van der Waals surface area contributed by atoms with E-state index in [1.54, 1.807) is 0 Å². The van der Waals surface area contributed by atoms with Gasteiger partial charge < -0.3 is 5.11 Å². The van der Waals surface area contributed by atoms with E-state index in [1.807, 2.05) is 0 Å². The monoisotopic (exact) mass is 362 g/mol. The minimum atomic E-state index is -0.330. The molecule has 0 spiro atoms. The van der Waals surface area contributed by atoms with E-state index < -0.39 is 0 Å². The third-order valence-electron chi connectivity index (χ3n) is 5.56. The summed E-state index contributed by atoms with van der Waals surface area (Å²) in [6, 6.07) is 8.62. The third-order valence-corrected chi connectivity index (χ3v) is 6.05. The van der Waals surface area contributed by atoms with E-state index in [-0.39, 0.29) is 11.5 Å². The Labute approximate surface area is 159 Å². The zero-order valence-electron chi connectivity index (χ0n) is 16.0. The lowest BCUT2D eigenvalue weighted by Crippen LogP contribution is -2.13. The van der Waals surface area contributed by atoms with Crippen LogP contribution in [0.4, 0.5) is 0 Å². The topological polar surface area (TPSA) is 20.2 Å². The van der Waals surface area contributed by atoms with E-state index in [2.05, 4.69) is 50.3 Å². The molecule has 1 saturated carbocycles. The fourth-order valence-corrected chi connectivity index (χ4v) is 4.50. The van der Waals surface area contributed by atoms with Crippen molar-refractivity contribution in [3.8, 4) is 0 Å². The molecule has 0 aliphatic heterocycles. The molecule has 1 aromatic carbocycles. The van der Waals surface area contributed by atoms with E-state index in [1.165, 1.54) is 37.7 Å². The van der Waals surface area contributed by atoms with Crippen molar-refractivity contribution in [3.05, 3.63) is 47.5 Å². The quantitative estimate of drug-likeness (QED) is 0.266. The number of rotatable bonds is 10. The molecule has 1 nitrogen and oxygen atoms in total. The first kappa shape index (κ1) is 20.5. The Morgan fingerprint density at radius 2 is 1.84 bits per heavy atom. The highest BCUT2D eigenvalue weighted by molar-refractivity contribution is 6.21. The molecule has 0 aromatic heterocycles.